The second-order valence-corrected chi connectivity index (χ2v) is 3.50. The van der Waals surface area contributed by atoms with E-state index in [0.717, 1.165) is 5.69 Å². The lowest BCUT2D eigenvalue weighted by molar-refractivity contribution is 0.415. The molecule has 0 fully saturated rings. The maximum Gasteiger partial charge on any atom is 0.139 e. The normalized spacial score (nSPS) is 10.0. The van der Waals surface area contributed by atoms with Gasteiger partial charge in [0.15, 0.2) is 0 Å². The lowest BCUT2D eigenvalue weighted by Gasteiger charge is -2.10. The van der Waals surface area contributed by atoms with Gasteiger partial charge in [0.2, 0.25) is 0 Å². The van der Waals surface area contributed by atoms with Gasteiger partial charge in [-0.1, -0.05) is 23.2 Å². The predicted molar refractivity (Wildman–Crippen MR) is 60.6 cm³/mol. The number of nitrogens with one attached hydrogen (secondary N) is 1. The molecule has 0 radical (unpaired) electrons. The summed E-state index contributed by atoms with van der Waals surface area (Å²) in [6.45, 7) is 1.20. The molecule has 5 heteroatoms. The van der Waals surface area contributed by atoms with Crippen molar-refractivity contribution in [2.24, 2.45) is 5.73 Å². The molecule has 0 unspecified atom stereocenters. The summed E-state index contributed by atoms with van der Waals surface area (Å²) < 4.78 is 5.02. The third kappa shape index (κ3) is 2.67. The molecule has 0 atom stereocenters. The van der Waals surface area contributed by atoms with E-state index in [1.54, 1.807) is 19.2 Å². The quantitative estimate of drug-likeness (QED) is 0.842. The van der Waals surface area contributed by atoms with Crippen molar-refractivity contribution in [3.8, 4) is 5.75 Å². The Hall–Kier alpha value is -0.640. The highest BCUT2D eigenvalue weighted by molar-refractivity contribution is 6.36. The SMILES string of the molecule is COc1cc(Cl)c(NCCN)cc1Cl. The maximum atomic E-state index is 5.97. The first-order chi connectivity index (χ1) is 6.69. The van der Waals surface area contributed by atoms with Crippen LogP contribution in [-0.2, 0) is 0 Å². The van der Waals surface area contributed by atoms with Crippen molar-refractivity contribution < 1.29 is 4.74 Å². The van der Waals surface area contributed by atoms with Gasteiger partial charge in [-0.05, 0) is 6.07 Å². The topological polar surface area (TPSA) is 47.3 Å². The number of anilines is 1. The molecular formula is C9H12Cl2N2O. The molecule has 0 spiro atoms. The summed E-state index contributed by atoms with van der Waals surface area (Å²) in [5, 5.41) is 4.15. The highest BCUT2D eigenvalue weighted by Gasteiger charge is 2.06. The minimum absolute atomic E-state index is 0.524. The van der Waals surface area contributed by atoms with Crippen LogP contribution in [0, 0.1) is 0 Å². The van der Waals surface area contributed by atoms with E-state index in [2.05, 4.69) is 5.32 Å². The molecule has 3 N–H and O–H groups in total. The van der Waals surface area contributed by atoms with Gasteiger partial charge in [-0.2, -0.15) is 0 Å². The molecule has 1 aromatic carbocycles. The van der Waals surface area contributed by atoms with Crippen LogP contribution in [0.1, 0.15) is 0 Å². The van der Waals surface area contributed by atoms with E-state index in [-0.39, 0.29) is 0 Å². The molecule has 0 saturated carbocycles. The molecule has 0 aliphatic heterocycles. The minimum atomic E-state index is 0.524. The molecule has 0 aromatic heterocycles. The summed E-state index contributed by atoms with van der Waals surface area (Å²) in [6.07, 6.45) is 0. The lowest BCUT2D eigenvalue weighted by atomic mass is 10.3. The van der Waals surface area contributed by atoms with Crippen LogP contribution >= 0.6 is 23.2 Å². The molecule has 14 heavy (non-hydrogen) atoms. The lowest BCUT2D eigenvalue weighted by Crippen LogP contribution is -2.13. The minimum Gasteiger partial charge on any atom is -0.495 e. The monoisotopic (exact) mass is 234 g/mol. The van der Waals surface area contributed by atoms with Gasteiger partial charge in [-0.3, -0.25) is 0 Å². The van der Waals surface area contributed by atoms with Gasteiger partial charge in [-0.15, -0.1) is 0 Å². The Bertz CT molecular complexity index is 318. The molecule has 0 aliphatic carbocycles. The Morgan fingerprint density at radius 3 is 2.64 bits per heavy atom. The van der Waals surface area contributed by atoms with Gasteiger partial charge >= 0.3 is 0 Å². The van der Waals surface area contributed by atoms with E-state index < -0.39 is 0 Å². The van der Waals surface area contributed by atoms with Crippen LogP contribution in [0.2, 0.25) is 10.0 Å². The van der Waals surface area contributed by atoms with E-state index in [4.69, 9.17) is 33.7 Å². The Labute approximate surface area is 93.1 Å². The van der Waals surface area contributed by atoms with E-state index in [1.807, 2.05) is 0 Å². The first-order valence-electron chi connectivity index (χ1n) is 4.16. The van der Waals surface area contributed by atoms with Crippen LogP contribution in [0.3, 0.4) is 0 Å². The maximum absolute atomic E-state index is 5.97. The Morgan fingerprint density at radius 1 is 1.36 bits per heavy atom. The van der Waals surface area contributed by atoms with Gasteiger partial charge in [0, 0.05) is 19.2 Å². The Kier molecular flexibility index (Phi) is 4.32. The second kappa shape index (κ2) is 5.29. The van der Waals surface area contributed by atoms with Crippen molar-refractivity contribution >= 4 is 28.9 Å². The summed E-state index contributed by atoms with van der Waals surface area (Å²) in [6, 6.07) is 3.39. The average Bonchev–Trinajstić information content (AvgIpc) is 2.18. The number of halogens is 2. The number of hydrogen-bond donors (Lipinski definition) is 2. The largest absolute Gasteiger partial charge is 0.495 e. The number of ether oxygens (including phenoxy) is 1. The second-order valence-electron chi connectivity index (χ2n) is 2.68. The predicted octanol–water partition coefficient (Wildman–Crippen LogP) is 2.37. The molecule has 0 heterocycles. The van der Waals surface area contributed by atoms with E-state index in [1.165, 1.54) is 0 Å². The summed E-state index contributed by atoms with van der Waals surface area (Å²) in [5.74, 6) is 0.565. The van der Waals surface area contributed by atoms with Crippen molar-refractivity contribution in [2.75, 3.05) is 25.5 Å². The molecule has 0 bridgehead atoms. The summed E-state index contributed by atoms with van der Waals surface area (Å²) in [5.41, 5.74) is 6.12. The van der Waals surface area contributed by atoms with E-state index in [0.29, 0.717) is 28.9 Å². The third-order valence-electron chi connectivity index (χ3n) is 1.70. The molecular weight excluding hydrogens is 223 g/mol. The smallest absolute Gasteiger partial charge is 0.139 e. The van der Waals surface area contributed by atoms with Crippen molar-refractivity contribution in [2.45, 2.75) is 0 Å². The molecule has 0 saturated heterocycles. The van der Waals surface area contributed by atoms with Gasteiger partial charge in [0.25, 0.3) is 0 Å². The molecule has 0 aliphatic rings. The van der Waals surface area contributed by atoms with Crippen LogP contribution in [0.4, 0.5) is 5.69 Å². The fourth-order valence-electron chi connectivity index (χ4n) is 1.03. The van der Waals surface area contributed by atoms with Gasteiger partial charge in [0.05, 0.1) is 22.8 Å². The zero-order valence-electron chi connectivity index (χ0n) is 7.81. The van der Waals surface area contributed by atoms with Crippen molar-refractivity contribution in [3.05, 3.63) is 22.2 Å². The van der Waals surface area contributed by atoms with Gasteiger partial charge < -0.3 is 15.8 Å². The van der Waals surface area contributed by atoms with Gasteiger partial charge in [-0.25, -0.2) is 0 Å². The highest BCUT2D eigenvalue weighted by atomic mass is 35.5. The zero-order chi connectivity index (χ0) is 10.6. The highest BCUT2D eigenvalue weighted by Crippen LogP contribution is 2.33. The summed E-state index contributed by atoms with van der Waals surface area (Å²) >= 11 is 11.9. The molecule has 1 aromatic rings. The molecule has 78 valence electrons. The first kappa shape index (κ1) is 11.4. The fraction of sp³-hybridized carbons (Fsp3) is 0.333. The fourth-order valence-corrected chi connectivity index (χ4v) is 1.49. The van der Waals surface area contributed by atoms with Crippen molar-refractivity contribution in [1.82, 2.24) is 0 Å². The number of methoxy groups -OCH3 is 1. The van der Waals surface area contributed by atoms with E-state index in [9.17, 15) is 0 Å². The van der Waals surface area contributed by atoms with Crippen LogP contribution in [0.15, 0.2) is 12.1 Å². The number of rotatable bonds is 4. The zero-order valence-corrected chi connectivity index (χ0v) is 9.32. The third-order valence-corrected chi connectivity index (χ3v) is 2.31. The average molecular weight is 235 g/mol. The summed E-state index contributed by atoms with van der Waals surface area (Å²) in [7, 11) is 1.55. The van der Waals surface area contributed by atoms with Gasteiger partial charge in [0.1, 0.15) is 5.75 Å². The standard InChI is InChI=1S/C9H12Cl2N2O/c1-14-9-5-6(10)8(4-7(9)11)13-3-2-12/h4-5,13H,2-3,12H2,1H3. The van der Waals surface area contributed by atoms with Crippen LogP contribution < -0.4 is 15.8 Å². The number of hydrogen-bond acceptors (Lipinski definition) is 3. The van der Waals surface area contributed by atoms with Crippen molar-refractivity contribution in [3.63, 3.8) is 0 Å². The van der Waals surface area contributed by atoms with Crippen LogP contribution in [0.25, 0.3) is 0 Å². The number of benzene rings is 1. The number of nitrogens with two attached hydrogens (primary N) is 1. The Balaban J connectivity index is 2.90. The molecule has 1 rings (SSSR count). The molecule has 3 nitrogen and oxygen atoms in total. The first-order valence-corrected chi connectivity index (χ1v) is 4.91. The van der Waals surface area contributed by atoms with Crippen molar-refractivity contribution in [1.29, 1.82) is 0 Å². The van der Waals surface area contributed by atoms with Crippen LogP contribution in [-0.4, -0.2) is 20.2 Å². The summed E-state index contributed by atoms with van der Waals surface area (Å²) in [4.78, 5) is 0. The van der Waals surface area contributed by atoms with E-state index >= 15 is 0 Å². The molecule has 0 amide bonds. The van der Waals surface area contributed by atoms with Crippen LogP contribution in [0.5, 0.6) is 5.75 Å². The Morgan fingerprint density at radius 2 is 2.07 bits per heavy atom.